The van der Waals surface area contributed by atoms with Crippen LogP contribution in [0.25, 0.3) is 0 Å². The molecule has 1 atom stereocenters. The van der Waals surface area contributed by atoms with Crippen molar-refractivity contribution in [3.63, 3.8) is 0 Å². The predicted octanol–water partition coefficient (Wildman–Crippen LogP) is 0.698. The van der Waals surface area contributed by atoms with E-state index in [0.29, 0.717) is 5.56 Å². The standard InChI is InChI=1S/C12H17NO4S/c1-12(13-2,11(14)17-3)9-5-7-10(8-6-9)18(4,15)16/h5-8,13H,1-4H3. The van der Waals surface area contributed by atoms with Gasteiger partial charge in [0.2, 0.25) is 0 Å². The van der Waals surface area contributed by atoms with Crippen molar-refractivity contribution in [2.24, 2.45) is 0 Å². The molecule has 0 aromatic heterocycles. The first-order valence-corrected chi connectivity index (χ1v) is 7.22. The largest absolute Gasteiger partial charge is 0.467 e. The van der Waals surface area contributed by atoms with Crippen LogP contribution in [-0.2, 0) is 24.9 Å². The van der Waals surface area contributed by atoms with Crippen molar-refractivity contribution in [3.05, 3.63) is 29.8 Å². The Kier molecular flexibility index (Phi) is 4.13. The number of carbonyl (C=O) groups is 1. The maximum absolute atomic E-state index is 11.7. The van der Waals surface area contributed by atoms with Gasteiger partial charge in [0.1, 0.15) is 5.54 Å². The van der Waals surface area contributed by atoms with Gasteiger partial charge in [-0.25, -0.2) is 13.2 Å². The lowest BCUT2D eigenvalue weighted by atomic mass is 9.92. The molecule has 5 nitrogen and oxygen atoms in total. The summed E-state index contributed by atoms with van der Waals surface area (Å²) in [6, 6.07) is 6.15. The van der Waals surface area contributed by atoms with E-state index in [9.17, 15) is 13.2 Å². The summed E-state index contributed by atoms with van der Waals surface area (Å²) in [5, 5.41) is 2.88. The molecule has 0 aliphatic rings. The summed E-state index contributed by atoms with van der Waals surface area (Å²) in [4.78, 5) is 12.0. The molecular formula is C12H17NO4S. The molecule has 0 saturated carbocycles. The summed E-state index contributed by atoms with van der Waals surface area (Å²) in [6.45, 7) is 1.67. The molecule has 100 valence electrons. The van der Waals surface area contributed by atoms with Crippen molar-refractivity contribution in [2.75, 3.05) is 20.4 Å². The minimum Gasteiger partial charge on any atom is -0.467 e. The van der Waals surface area contributed by atoms with E-state index in [1.807, 2.05) is 0 Å². The number of rotatable bonds is 4. The lowest BCUT2D eigenvalue weighted by Crippen LogP contribution is -2.45. The van der Waals surface area contributed by atoms with Gasteiger partial charge in [-0.15, -0.1) is 0 Å². The molecule has 1 unspecified atom stereocenters. The summed E-state index contributed by atoms with van der Waals surface area (Å²) in [6.07, 6.45) is 1.14. The van der Waals surface area contributed by atoms with Gasteiger partial charge in [0.05, 0.1) is 12.0 Å². The van der Waals surface area contributed by atoms with Gasteiger partial charge in [0, 0.05) is 6.26 Å². The molecule has 0 aliphatic carbocycles. The van der Waals surface area contributed by atoms with Gasteiger partial charge in [-0.3, -0.25) is 0 Å². The van der Waals surface area contributed by atoms with Crippen LogP contribution in [0.5, 0.6) is 0 Å². The number of sulfone groups is 1. The third-order valence-electron chi connectivity index (χ3n) is 2.95. The number of carbonyl (C=O) groups excluding carboxylic acids is 1. The van der Waals surface area contributed by atoms with Gasteiger partial charge in [-0.1, -0.05) is 12.1 Å². The van der Waals surface area contributed by atoms with Crippen LogP contribution < -0.4 is 5.32 Å². The van der Waals surface area contributed by atoms with Gasteiger partial charge in [-0.05, 0) is 31.7 Å². The summed E-state index contributed by atoms with van der Waals surface area (Å²) in [5.41, 5.74) is -0.352. The lowest BCUT2D eigenvalue weighted by molar-refractivity contribution is -0.148. The average Bonchev–Trinajstić information content (AvgIpc) is 2.36. The molecule has 18 heavy (non-hydrogen) atoms. The minimum atomic E-state index is -3.23. The molecule has 6 heteroatoms. The molecule has 0 radical (unpaired) electrons. The highest BCUT2D eigenvalue weighted by atomic mass is 32.2. The fourth-order valence-corrected chi connectivity index (χ4v) is 2.23. The molecular weight excluding hydrogens is 254 g/mol. The Balaban J connectivity index is 3.22. The SMILES string of the molecule is CNC(C)(C(=O)OC)c1ccc(S(C)(=O)=O)cc1. The van der Waals surface area contributed by atoms with E-state index in [0.717, 1.165) is 6.26 Å². The monoisotopic (exact) mass is 271 g/mol. The molecule has 0 fully saturated rings. The van der Waals surface area contributed by atoms with Crippen LogP contribution in [0.15, 0.2) is 29.2 Å². The maximum atomic E-state index is 11.7. The summed E-state index contributed by atoms with van der Waals surface area (Å²) in [5.74, 6) is -0.433. The summed E-state index contributed by atoms with van der Waals surface area (Å²) >= 11 is 0. The third kappa shape index (κ3) is 2.70. The van der Waals surface area contributed by atoms with Gasteiger partial charge >= 0.3 is 5.97 Å². The van der Waals surface area contributed by atoms with E-state index in [-0.39, 0.29) is 4.90 Å². The van der Waals surface area contributed by atoms with E-state index in [2.05, 4.69) is 5.32 Å². The first-order valence-electron chi connectivity index (χ1n) is 5.33. The summed E-state index contributed by atoms with van der Waals surface area (Å²) < 4.78 is 27.4. The fraction of sp³-hybridized carbons (Fsp3) is 0.417. The van der Waals surface area contributed by atoms with Crippen LogP contribution in [0.2, 0.25) is 0 Å². The van der Waals surface area contributed by atoms with E-state index < -0.39 is 21.3 Å². The average molecular weight is 271 g/mol. The number of likely N-dealkylation sites (N-methyl/N-ethyl adjacent to an activating group) is 1. The van der Waals surface area contributed by atoms with E-state index in [1.165, 1.54) is 19.2 Å². The van der Waals surface area contributed by atoms with Crippen molar-refractivity contribution in [3.8, 4) is 0 Å². The van der Waals surface area contributed by atoms with Gasteiger partial charge in [0.25, 0.3) is 0 Å². The Hall–Kier alpha value is -1.40. The van der Waals surface area contributed by atoms with Crippen LogP contribution in [0.3, 0.4) is 0 Å². The number of hydrogen-bond acceptors (Lipinski definition) is 5. The highest BCUT2D eigenvalue weighted by Crippen LogP contribution is 2.23. The van der Waals surface area contributed by atoms with Gasteiger partial charge in [-0.2, -0.15) is 0 Å². The highest BCUT2D eigenvalue weighted by molar-refractivity contribution is 7.90. The minimum absolute atomic E-state index is 0.217. The number of esters is 1. The second-order valence-electron chi connectivity index (χ2n) is 4.16. The van der Waals surface area contributed by atoms with Crippen LogP contribution in [-0.4, -0.2) is 34.8 Å². The normalized spacial score (nSPS) is 14.9. The zero-order valence-corrected chi connectivity index (χ0v) is 11.7. The number of nitrogens with one attached hydrogen (secondary N) is 1. The first kappa shape index (κ1) is 14.7. The lowest BCUT2D eigenvalue weighted by Gasteiger charge is -2.26. The van der Waals surface area contributed by atoms with Crippen LogP contribution >= 0.6 is 0 Å². The van der Waals surface area contributed by atoms with Crippen LogP contribution in [0.4, 0.5) is 0 Å². The van der Waals surface area contributed by atoms with Crippen molar-refractivity contribution in [1.29, 1.82) is 0 Å². The van der Waals surface area contributed by atoms with E-state index >= 15 is 0 Å². The zero-order valence-electron chi connectivity index (χ0n) is 10.9. The number of methoxy groups -OCH3 is 1. The zero-order chi connectivity index (χ0) is 14.0. The van der Waals surface area contributed by atoms with Crippen LogP contribution in [0, 0.1) is 0 Å². The number of hydrogen-bond donors (Lipinski definition) is 1. The van der Waals surface area contributed by atoms with Gasteiger partial charge in [0.15, 0.2) is 9.84 Å². The van der Waals surface area contributed by atoms with Crippen LogP contribution in [0.1, 0.15) is 12.5 Å². The van der Waals surface area contributed by atoms with E-state index in [1.54, 1.807) is 26.1 Å². The molecule has 0 amide bonds. The molecule has 0 saturated heterocycles. The smallest absolute Gasteiger partial charge is 0.330 e. The van der Waals surface area contributed by atoms with E-state index in [4.69, 9.17) is 4.74 Å². The highest BCUT2D eigenvalue weighted by Gasteiger charge is 2.34. The third-order valence-corrected chi connectivity index (χ3v) is 4.08. The molecule has 0 aliphatic heterocycles. The second kappa shape index (κ2) is 5.07. The quantitative estimate of drug-likeness (QED) is 0.816. The Morgan fingerprint density at radius 3 is 2.11 bits per heavy atom. The molecule has 0 spiro atoms. The Morgan fingerprint density at radius 1 is 1.28 bits per heavy atom. The summed E-state index contributed by atoms with van der Waals surface area (Å²) in [7, 11) is -0.286. The molecule has 1 aromatic carbocycles. The fourth-order valence-electron chi connectivity index (χ4n) is 1.60. The molecule has 1 rings (SSSR count). The van der Waals surface area contributed by atoms with Crippen molar-refractivity contribution in [2.45, 2.75) is 17.4 Å². The molecule has 0 bridgehead atoms. The van der Waals surface area contributed by atoms with Crippen molar-refractivity contribution >= 4 is 15.8 Å². The molecule has 1 N–H and O–H groups in total. The number of ether oxygens (including phenoxy) is 1. The topological polar surface area (TPSA) is 72.5 Å². The second-order valence-corrected chi connectivity index (χ2v) is 6.18. The Morgan fingerprint density at radius 2 is 1.78 bits per heavy atom. The number of benzene rings is 1. The Labute approximate surface area is 107 Å². The molecule has 0 heterocycles. The first-order chi connectivity index (χ1) is 8.25. The maximum Gasteiger partial charge on any atom is 0.330 e. The van der Waals surface area contributed by atoms with Crippen molar-refractivity contribution < 1.29 is 17.9 Å². The Bertz CT molecular complexity index is 536. The van der Waals surface area contributed by atoms with Crippen molar-refractivity contribution in [1.82, 2.24) is 5.32 Å². The predicted molar refractivity (Wildman–Crippen MR) is 68.0 cm³/mol. The van der Waals surface area contributed by atoms with Gasteiger partial charge < -0.3 is 10.1 Å². The molecule has 1 aromatic rings.